The third kappa shape index (κ3) is 5.32. The van der Waals surface area contributed by atoms with E-state index in [-0.39, 0.29) is 11.7 Å². The van der Waals surface area contributed by atoms with E-state index in [1.165, 1.54) is 18.9 Å². The highest BCUT2D eigenvalue weighted by molar-refractivity contribution is 5.80. The summed E-state index contributed by atoms with van der Waals surface area (Å²) in [5.41, 5.74) is 9.68. The van der Waals surface area contributed by atoms with E-state index in [2.05, 4.69) is 22.0 Å². The Labute approximate surface area is 182 Å². The van der Waals surface area contributed by atoms with Gasteiger partial charge in [-0.25, -0.2) is 4.39 Å². The van der Waals surface area contributed by atoms with E-state index in [9.17, 15) is 4.39 Å². The third-order valence-corrected chi connectivity index (χ3v) is 5.86. The van der Waals surface area contributed by atoms with Gasteiger partial charge in [0.05, 0.1) is 5.69 Å². The van der Waals surface area contributed by atoms with Crippen molar-refractivity contribution in [2.75, 3.05) is 13.1 Å². The summed E-state index contributed by atoms with van der Waals surface area (Å²) in [6.45, 7) is 3.99. The van der Waals surface area contributed by atoms with Gasteiger partial charge in [-0.1, -0.05) is 67.4 Å². The molecule has 1 aliphatic heterocycles. The van der Waals surface area contributed by atoms with E-state index >= 15 is 0 Å². The van der Waals surface area contributed by atoms with Crippen LogP contribution in [0.4, 0.5) is 10.3 Å². The fourth-order valence-corrected chi connectivity index (χ4v) is 4.02. The third-order valence-electron chi connectivity index (χ3n) is 5.86. The van der Waals surface area contributed by atoms with Crippen LogP contribution in [0.5, 0.6) is 0 Å². The first-order valence-corrected chi connectivity index (χ1v) is 11.0. The maximum Gasteiger partial charge on any atom is 0.253 e. The van der Waals surface area contributed by atoms with Crippen molar-refractivity contribution >= 4 is 11.8 Å². The van der Waals surface area contributed by atoms with Crippen LogP contribution in [0.3, 0.4) is 0 Å². The predicted octanol–water partition coefficient (Wildman–Crippen LogP) is 5.65. The van der Waals surface area contributed by atoms with Crippen molar-refractivity contribution in [2.24, 2.45) is 10.7 Å². The Morgan fingerprint density at radius 3 is 2.52 bits per heavy atom. The molecular weight excluding hydrogens is 391 g/mol. The molecule has 4 rings (SSSR count). The van der Waals surface area contributed by atoms with Gasteiger partial charge in [0.2, 0.25) is 0 Å². The number of nitrogens with two attached hydrogens (primary N) is 1. The molecule has 1 aromatic heterocycles. The second kappa shape index (κ2) is 9.77. The minimum Gasteiger partial charge on any atom is -0.369 e. The summed E-state index contributed by atoms with van der Waals surface area (Å²) in [4.78, 5) is 6.56. The van der Waals surface area contributed by atoms with Crippen LogP contribution in [0.15, 0.2) is 64.1 Å². The fraction of sp³-hybridized carbons (Fsp3) is 0.360. The predicted molar refractivity (Wildman–Crippen MR) is 122 cm³/mol. The maximum absolute atomic E-state index is 14.0. The van der Waals surface area contributed by atoms with Gasteiger partial charge >= 0.3 is 0 Å². The molecule has 1 aliphatic rings. The first-order valence-electron chi connectivity index (χ1n) is 11.0. The minimum atomic E-state index is -0.209. The highest BCUT2D eigenvalue weighted by Crippen LogP contribution is 2.27. The topological polar surface area (TPSA) is 67.7 Å². The molecule has 0 spiro atoms. The summed E-state index contributed by atoms with van der Waals surface area (Å²) in [7, 11) is 0. The maximum atomic E-state index is 14.0. The quantitative estimate of drug-likeness (QED) is 0.428. The van der Waals surface area contributed by atoms with E-state index < -0.39 is 0 Å². The highest BCUT2D eigenvalue weighted by atomic mass is 19.1. The van der Waals surface area contributed by atoms with Crippen molar-refractivity contribution in [2.45, 2.75) is 44.9 Å². The molecular formula is C25H29FN4O. The minimum absolute atomic E-state index is 0.159. The molecule has 2 aromatic carbocycles. The lowest BCUT2D eigenvalue weighted by atomic mass is 9.96. The van der Waals surface area contributed by atoms with Gasteiger partial charge in [-0.3, -0.25) is 0 Å². The Hall–Kier alpha value is -3.15. The van der Waals surface area contributed by atoms with Gasteiger partial charge in [-0.05, 0) is 36.5 Å². The number of aromatic nitrogens is 1. The van der Waals surface area contributed by atoms with Crippen molar-refractivity contribution < 1.29 is 8.91 Å². The zero-order valence-corrected chi connectivity index (χ0v) is 17.9. The number of nitrogens with zero attached hydrogens (tertiary/aromatic N) is 3. The standard InChI is InChI=1S/C25H29FN4O/c1-18(16-19-10-12-20(13-11-19)21-8-4-5-9-22(21)26)23-17-24(31-29-23)28-25(27)30-14-6-2-3-7-15-30/h4-5,8-13,17-18H,2-3,6-7,14-16H2,1H3,(H2,27,28). The van der Waals surface area contributed by atoms with E-state index in [0.29, 0.717) is 17.4 Å². The van der Waals surface area contributed by atoms with Gasteiger partial charge in [0, 0.05) is 30.6 Å². The number of guanidine groups is 1. The molecule has 5 nitrogen and oxygen atoms in total. The van der Waals surface area contributed by atoms with Crippen molar-refractivity contribution in [3.05, 3.63) is 71.7 Å². The second-order valence-electron chi connectivity index (χ2n) is 8.24. The second-order valence-corrected chi connectivity index (χ2v) is 8.24. The molecule has 1 fully saturated rings. The summed E-state index contributed by atoms with van der Waals surface area (Å²) < 4.78 is 19.4. The van der Waals surface area contributed by atoms with Crippen molar-refractivity contribution in [3.63, 3.8) is 0 Å². The van der Waals surface area contributed by atoms with Crippen LogP contribution in [0.1, 0.15) is 49.8 Å². The number of benzene rings is 2. The van der Waals surface area contributed by atoms with Gasteiger partial charge < -0.3 is 15.2 Å². The molecule has 2 heterocycles. The molecule has 1 atom stereocenters. The average molecular weight is 421 g/mol. The molecule has 2 N–H and O–H groups in total. The Bertz CT molecular complexity index is 1020. The lowest BCUT2D eigenvalue weighted by Gasteiger charge is -2.20. The van der Waals surface area contributed by atoms with Crippen LogP contribution in [0, 0.1) is 5.82 Å². The molecule has 0 radical (unpaired) electrons. The van der Waals surface area contributed by atoms with Gasteiger partial charge in [-0.2, -0.15) is 4.99 Å². The molecule has 0 aliphatic carbocycles. The molecule has 162 valence electrons. The molecule has 0 saturated carbocycles. The zero-order valence-electron chi connectivity index (χ0n) is 17.9. The van der Waals surface area contributed by atoms with Gasteiger partial charge in [0.1, 0.15) is 5.82 Å². The largest absolute Gasteiger partial charge is 0.369 e. The van der Waals surface area contributed by atoms with E-state index in [1.54, 1.807) is 12.1 Å². The summed E-state index contributed by atoms with van der Waals surface area (Å²) in [6.07, 6.45) is 5.58. The SMILES string of the molecule is CC(Cc1ccc(-c2ccccc2F)cc1)c1cc(N=C(N)N2CCCCCC2)on1. The lowest BCUT2D eigenvalue weighted by molar-refractivity contribution is 0.407. The summed E-state index contributed by atoms with van der Waals surface area (Å²) >= 11 is 0. The highest BCUT2D eigenvalue weighted by Gasteiger charge is 2.15. The number of hydrogen-bond donors (Lipinski definition) is 1. The normalized spacial score (nSPS) is 16.2. The molecule has 0 amide bonds. The fourth-order valence-electron chi connectivity index (χ4n) is 4.02. The van der Waals surface area contributed by atoms with E-state index in [1.807, 2.05) is 36.4 Å². The number of halogens is 1. The lowest BCUT2D eigenvalue weighted by Crippen LogP contribution is -2.37. The summed E-state index contributed by atoms with van der Waals surface area (Å²) in [5.74, 6) is 0.893. The van der Waals surface area contributed by atoms with Gasteiger partial charge in [0.15, 0.2) is 5.96 Å². The first-order chi connectivity index (χ1) is 15.1. The number of hydrogen-bond acceptors (Lipinski definition) is 3. The van der Waals surface area contributed by atoms with E-state index in [0.717, 1.165) is 49.2 Å². The number of aliphatic imine (C=N–C) groups is 1. The molecule has 1 saturated heterocycles. The summed E-state index contributed by atoms with van der Waals surface area (Å²) in [5, 5.41) is 4.20. The van der Waals surface area contributed by atoms with Crippen LogP contribution in [-0.4, -0.2) is 29.1 Å². The number of rotatable bonds is 5. The average Bonchev–Trinajstić information content (AvgIpc) is 3.07. The van der Waals surface area contributed by atoms with Crippen molar-refractivity contribution in [3.8, 4) is 11.1 Å². The Morgan fingerprint density at radius 2 is 1.81 bits per heavy atom. The smallest absolute Gasteiger partial charge is 0.253 e. The Balaban J connectivity index is 1.40. The van der Waals surface area contributed by atoms with Crippen LogP contribution >= 0.6 is 0 Å². The van der Waals surface area contributed by atoms with Gasteiger partial charge in [0.25, 0.3) is 5.88 Å². The van der Waals surface area contributed by atoms with Crippen molar-refractivity contribution in [1.82, 2.24) is 10.1 Å². The molecule has 6 heteroatoms. The molecule has 0 bridgehead atoms. The van der Waals surface area contributed by atoms with Crippen LogP contribution in [-0.2, 0) is 6.42 Å². The molecule has 3 aromatic rings. The van der Waals surface area contributed by atoms with Gasteiger partial charge in [-0.15, -0.1) is 0 Å². The zero-order chi connectivity index (χ0) is 21.6. The Kier molecular flexibility index (Phi) is 6.65. The van der Waals surface area contributed by atoms with Crippen LogP contribution < -0.4 is 5.73 Å². The van der Waals surface area contributed by atoms with E-state index in [4.69, 9.17) is 10.3 Å². The van der Waals surface area contributed by atoms with Crippen LogP contribution in [0.2, 0.25) is 0 Å². The Morgan fingerprint density at radius 1 is 1.10 bits per heavy atom. The monoisotopic (exact) mass is 420 g/mol. The van der Waals surface area contributed by atoms with Crippen molar-refractivity contribution in [1.29, 1.82) is 0 Å². The summed E-state index contributed by atoms with van der Waals surface area (Å²) in [6, 6.07) is 16.7. The molecule has 1 unspecified atom stereocenters. The number of likely N-dealkylation sites (tertiary alicyclic amines) is 1. The van der Waals surface area contributed by atoms with Crippen LogP contribution in [0.25, 0.3) is 11.1 Å². The molecule has 31 heavy (non-hydrogen) atoms. The first kappa shape index (κ1) is 21.1.